The summed E-state index contributed by atoms with van der Waals surface area (Å²) in [7, 11) is 2.20. The van der Waals surface area contributed by atoms with Crippen LogP contribution in [0.25, 0.3) is 33.7 Å². The maximum Gasteiger partial charge on any atom is 0.266 e. The van der Waals surface area contributed by atoms with Crippen LogP contribution in [0, 0.1) is 11.7 Å². The van der Waals surface area contributed by atoms with E-state index >= 15 is 0 Å². The third-order valence-corrected chi connectivity index (χ3v) is 8.15. The largest absolute Gasteiger partial charge is 0.677 e. The summed E-state index contributed by atoms with van der Waals surface area (Å²) in [6.07, 6.45) is 2.16. The second-order valence-corrected chi connectivity index (χ2v) is 11.2. The SMILES string of the molecule is C[N+]1(Cc2cccc(-c3nc4cc(Cl)ccc4c(=O)n3-c3ccc(Cl)c(F)c3)c2Cl)CCCC(C[NH-])C1. The maximum absolute atomic E-state index is 14.5. The molecule has 4 aromatic rings. The van der Waals surface area contributed by atoms with E-state index in [2.05, 4.69) is 7.05 Å². The average molecular weight is 560 g/mol. The third kappa shape index (κ3) is 5.14. The van der Waals surface area contributed by atoms with Crippen LogP contribution >= 0.6 is 34.8 Å². The number of halogens is 4. The van der Waals surface area contributed by atoms with Crippen molar-refractivity contribution < 1.29 is 8.87 Å². The van der Waals surface area contributed by atoms with Crippen LogP contribution in [0.3, 0.4) is 0 Å². The summed E-state index contributed by atoms with van der Waals surface area (Å²) in [4.78, 5) is 18.5. The van der Waals surface area contributed by atoms with Gasteiger partial charge in [-0.1, -0.05) is 46.9 Å². The Morgan fingerprint density at radius 3 is 2.70 bits per heavy atom. The number of nitrogens with one attached hydrogen (secondary N) is 1. The van der Waals surface area contributed by atoms with E-state index in [-0.39, 0.29) is 10.6 Å². The van der Waals surface area contributed by atoms with Gasteiger partial charge in [0.1, 0.15) is 18.2 Å². The quantitative estimate of drug-likeness (QED) is 0.237. The fourth-order valence-corrected chi connectivity index (χ4v) is 5.92. The lowest BCUT2D eigenvalue weighted by Crippen LogP contribution is -2.50. The van der Waals surface area contributed by atoms with Gasteiger partial charge in [-0.05, 0) is 61.2 Å². The summed E-state index contributed by atoms with van der Waals surface area (Å²) in [5.74, 6) is 0.0239. The van der Waals surface area contributed by atoms with Gasteiger partial charge in [0.25, 0.3) is 5.56 Å². The Bertz CT molecular complexity index is 1560. The lowest BCUT2D eigenvalue weighted by Gasteiger charge is -2.42. The van der Waals surface area contributed by atoms with Gasteiger partial charge in [0.05, 0.1) is 46.8 Å². The van der Waals surface area contributed by atoms with Gasteiger partial charge in [-0.25, -0.2) is 9.37 Å². The molecule has 0 saturated carbocycles. The molecule has 192 valence electrons. The Labute approximate surface area is 229 Å². The van der Waals surface area contributed by atoms with Crippen molar-refractivity contribution in [3.05, 3.63) is 97.1 Å². The fraction of sp³-hybridized carbons (Fsp3) is 0.286. The highest BCUT2D eigenvalue weighted by Crippen LogP contribution is 2.35. The summed E-state index contributed by atoms with van der Waals surface area (Å²) in [5.41, 5.74) is 9.70. The van der Waals surface area contributed by atoms with E-state index in [0.717, 1.165) is 36.0 Å². The Balaban J connectivity index is 1.69. The number of aromatic nitrogens is 2. The average Bonchev–Trinajstić information content (AvgIpc) is 2.86. The highest BCUT2D eigenvalue weighted by Gasteiger charge is 2.31. The number of fused-ring (bicyclic) bond motifs is 1. The number of quaternary nitrogens is 1. The third-order valence-electron chi connectivity index (χ3n) is 7.16. The van der Waals surface area contributed by atoms with Crippen LogP contribution in [0.2, 0.25) is 15.1 Å². The molecule has 0 amide bonds. The van der Waals surface area contributed by atoms with Crippen LogP contribution in [0.5, 0.6) is 0 Å². The number of nitrogens with zero attached hydrogens (tertiary/aromatic N) is 3. The Hall–Kier alpha value is -2.48. The minimum Gasteiger partial charge on any atom is -0.677 e. The monoisotopic (exact) mass is 558 g/mol. The highest BCUT2D eigenvalue weighted by atomic mass is 35.5. The lowest BCUT2D eigenvalue weighted by atomic mass is 9.95. The van der Waals surface area contributed by atoms with E-state index < -0.39 is 5.82 Å². The van der Waals surface area contributed by atoms with Gasteiger partial charge in [-0.3, -0.25) is 9.36 Å². The van der Waals surface area contributed by atoms with Gasteiger partial charge in [0.15, 0.2) is 0 Å². The van der Waals surface area contributed by atoms with Crippen LogP contribution in [0.1, 0.15) is 18.4 Å². The first kappa shape index (κ1) is 26.1. The second-order valence-electron chi connectivity index (χ2n) is 10.0. The zero-order valence-corrected chi connectivity index (χ0v) is 22.5. The van der Waals surface area contributed by atoms with Gasteiger partial charge >= 0.3 is 0 Å². The molecular weight excluding hydrogens is 534 g/mol. The molecule has 0 spiro atoms. The van der Waals surface area contributed by atoms with Crippen molar-refractivity contribution >= 4 is 45.7 Å². The van der Waals surface area contributed by atoms with Crippen LogP contribution in [0.15, 0.2) is 59.4 Å². The first-order valence-corrected chi connectivity index (χ1v) is 13.3. The second kappa shape index (κ2) is 10.4. The fourth-order valence-electron chi connectivity index (χ4n) is 5.37. The van der Waals surface area contributed by atoms with Crippen LogP contribution < -0.4 is 5.56 Å². The van der Waals surface area contributed by atoms with Crippen molar-refractivity contribution in [2.45, 2.75) is 19.4 Å². The topological polar surface area (TPSA) is 58.7 Å². The van der Waals surface area contributed by atoms with Crippen LogP contribution in [-0.4, -0.2) is 40.7 Å². The van der Waals surface area contributed by atoms with Crippen molar-refractivity contribution in [3.63, 3.8) is 0 Å². The predicted octanol–water partition coefficient (Wildman–Crippen LogP) is 7.56. The van der Waals surface area contributed by atoms with Crippen molar-refractivity contribution in [3.8, 4) is 17.1 Å². The molecule has 1 saturated heterocycles. The van der Waals surface area contributed by atoms with Gasteiger partial charge in [-0.2, -0.15) is 0 Å². The van der Waals surface area contributed by atoms with E-state index in [4.69, 9.17) is 45.5 Å². The zero-order valence-electron chi connectivity index (χ0n) is 20.3. The molecule has 0 radical (unpaired) electrons. The summed E-state index contributed by atoms with van der Waals surface area (Å²) in [6, 6.07) is 14.8. The molecule has 2 atom stereocenters. The molecule has 0 aliphatic carbocycles. The molecule has 2 unspecified atom stereocenters. The summed E-state index contributed by atoms with van der Waals surface area (Å²) < 4.78 is 16.6. The number of rotatable bonds is 5. The number of likely N-dealkylation sites (tertiary alicyclic amines) is 1. The molecule has 1 N–H and O–H groups in total. The number of benzene rings is 3. The van der Waals surface area contributed by atoms with Crippen molar-refractivity contribution in [1.82, 2.24) is 9.55 Å². The first-order valence-electron chi connectivity index (χ1n) is 12.1. The molecule has 1 aliphatic rings. The Kier molecular flexibility index (Phi) is 7.31. The van der Waals surface area contributed by atoms with Gasteiger partial charge in [-0.15, -0.1) is 6.54 Å². The molecule has 1 aliphatic heterocycles. The van der Waals surface area contributed by atoms with Crippen LogP contribution in [-0.2, 0) is 6.54 Å². The molecule has 1 fully saturated rings. The van der Waals surface area contributed by atoms with E-state index in [1.807, 2.05) is 18.2 Å². The van der Waals surface area contributed by atoms with E-state index in [0.29, 0.717) is 57.0 Å². The number of piperidine rings is 1. The highest BCUT2D eigenvalue weighted by molar-refractivity contribution is 6.34. The van der Waals surface area contributed by atoms with Crippen molar-refractivity contribution in [1.29, 1.82) is 0 Å². The van der Waals surface area contributed by atoms with Gasteiger partial charge in [0, 0.05) is 16.1 Å². The maximum atomic E-state index is 14.5. The normalized spacial score (nSPS) is 19.9. The zero-order chi connectivity index (χ0) is 26.3. The standard InChI is InChI=1S/C28H26Cl3FN4O/c1-36(11-3-4-17(14-33)15-36)16-18-5-2-6-22(26(18)31)27-34-25-12-19(29)7-9-21(25)28(37)35(27)20-8-10-23(30)24(32)13-20/h2,5-10,12-13,17,33H,3-4,11,14-16H2,1H3. The first-order chi connectivity index (χ1) is 17.7. The number of hydrogen-bond acceptors (Lipinski definition) is 2. The summed E-state index contributed by atoms with van der Waals surface area (Å²) in [5, 5.41) is 1.25. The molecular formula is C28H26Cl3FN4O. The van der Waals surface area contributed by atoms with Crippen LogP contribution in [0.4, 0.5) is 4.39 Å². The molecule has 5 nitrogen and oxygen atoms in total. The van der Waals surface area contributed by atoms with E-state index in [1.54, 1.807) is 24.3 Å². The molecule has 9 heteroatoms. The lowest BCUT2D eigenvalue weighted by molar-refractivity contribution is -0.930. The number of hydrogen-bond donors (Lipinski definition) is 0. The Morgan fingerprint density at radius 2 is 1.95 bits per heavy atom. The van der Waals surface area contributed by atoms with Gasteiger partial charge < -0.3 is 10.2 Å². The van der Waals surface area contributed by atoms with E-state index in [9.17, 15) is 9.18 Å². The smallest absolute Gasteiger partial charge is 0.266 e. The molecule has 3 aromatic carbocycles. The molecule has 2 heterocycles. The van der Waals surface area contributed by atoms with Gasteiger partial charge in [0.2, 0.25) is 0 Å². The van der Waals surface area contributed by atoms with Crippen molar-refractivity contribution in [2.24, 2.45) is 5.92 Å². The molecule has 37 heavy (non-hydrogen) atoms. The molecule has 0 bridgehead atoms. The van der Waals surface area contributed by atoms with Crippen molar-refractivity contribution in [2.75, 3.05) is 26.7 Å². The summed E-state index contributed by atoms with van der Waals surface area (Å²) >= 11 is 19.2. The molecule has 1 aromatic heterocycles. The minimum atomic E-state index is -0.639. The predicted molar refractivity (Wildman–Crippen MR) is 149 cm³/mol. The molecule has 5 rings (SSSR count). The minimum absolute atomic E-state index is 0.0385. The summed E-state index contributed by atoms with van der Waals surface area (Å²) in [6.45, 7) is 3.06. The Morgan fingerprint density at radius 1 is 1.14 bits per heavy atom. The van der Waals surface area contributed by atoms with E-state index in [1.165, 1.54) is 16.7 Å².